The standard InChI is InChI=1S/C6H14.3C2H6.CH4O/c1-4-6(3)5-2;4*1-2/h6H,4-5H2,1-3H3;3*1-2H3;2H,1H3. The van der Waals surface area contributed by atoms with Gasteiger partial charge in [0.15, 0.2) is 0 Å². The fraction of sp³-hybridized carbons (Fsp3) is 1.00. The summed E-state index contributed by atoms with van der Waals surface area (Å²) in [5.41, 5.74) is 0. The van der Waals surface area contributed by atoms with Crippen LogP contribution in [-0.2, 0) is 0 Å². The van der Waals surface area contributed by atoms with Gasteiger partial charge >= 0.3 is 0 Å². The largest absolute Gasteiger partial charge is 0.400 e. The Morgan fingerprint density at radius 2 is 0.857 bits per heavy atom. The zero-order valence-corrected chi connectivity index (χ0v) is 12.4. The summed E-state index contributed by atoms with van der Waals surface area (Å²) in [5.74, 6) is 0.935. The second kappa shape index (κ2) is 75.4. The Kier molecular flexibility index (Phi) is 157. The summed E-state index contributed by atoms with van der Waals surface area (Å²) in [7, 11) is 1.00. The van der Waals surface area contributed by atoms with Crippen molar-refractivity contribution in [3.8, 4) is 0 Å². The van der Waals surface area contributed by atoms with Crippen LogP contribution in [0.4, 0.5) is 0 Å². The van der Waals surface area contributed by atoms with Crippen LogP contribution in [0.1, 0.15) is 75.2 Å². The Labute approximate surface area is 93.9 Å². The lowest BCUT2D eigenvalue weighted by Gasteiger charge is -1.98. The smallest absolute Gasteiger partial charge is 0.0319 e. The maximum Gasteiger partial charge on any atom is 0.0319 e. The number of rotatable bonds is 2. The van der Waals surface area contributed by atoms with E-state index in [1.54, 1.807) is 0 Å². The molecule has 14 heavy (non-hydrogen) atoms. The van der Waals surface area contributed by atoms with Crippen LogP contribution >= 0.6 is 0 Å². The highest BCUT2D eigenvalue weighted by molar-refractivity contribution is 4.41. The lowest BCUT2D eigenvalue weighted by Crippen LogP contribution is -1.85. The van der Waals surface area contributed by atoms with Gasteiger partial charge in [-0.05, 0) is 5.92 Å². The molecule has 0 aliphatic rings. The summed E-state index contributed by atoms with van der Waals surface area (Å²) < 4.78 is 0. The number of aliphatic hydroxyl groups excluding tert-OH is 1. The molecule has 0 saturated heterocycles. The average molecular weight is 208 g/mol. The van der Waals surface area contributed by atoms with Gasteiger partial charge < -0.3 is 5.11 Å². The molecule has 1 N–H and O–H groups in total. The van der Waals surface area contributed by atoms with Crippen molar-refractivity contribution in [2.24, 2.45) is 5.92 Å². The fourth-order valence-corrected chi connectivity index (χ4v) is 0.289. The minimum absolute atomic E-state index is 0.935. The van der Waals surface area contributed by atoms with Gasteiger partial charge in [-0.3, -0.25) is 0 Å². The molecule has 0 radical (unpaired) electrons. The molecule has 94 valence electrons. The summed E-state index contributed by atoms with van der Waals surface area (Å²) in [6, 6.07) is 0. The molecule has 1 nitrogen and oxygen atoms in total. The predicted octanol–water partition coefficient (Wildman–Crippen LogP) is 5.13. The van der Waals surface area contributed by atoms with Crippen LogP contribution in [0.15, 0.2) is 0 Å². The molecule has 0 aromatic heterocycles. The summed E-state index contributed by atoms with van der Waals surface area (Å²) in [5, 5.41) is 7.00. The van der Waals surface area contributed by atoms with Crippen LogP contribution in [0, 0.1) is 5.92 Å². The highest BCUT2D eigenvalue weighted by Gasteiger charge is 1.88. The van der Waals surface area contributed by atoms with E-state index in [0.29, 0.717) is 0 Å². The molecule has 0 aromatic carbocycles. The van der Waals surface area contributed by atoms with Crippen LogP contribution in [0.2, 0.25) is 0 Å². The van der Waals surface area contributed by atoms with E-state index in [1.165, 1.54) is 12.8 Å². The average Bonchev–Trinajstić information content (AvgIpc) is 2.38. The topological polar surface area (TPSA) is 20.2 Å². The first-order valence-electron chi connectivity index (χ1n) is 6.26. The minimum Gasteiger partial charge on any atom is -0.400 e. The van der Waals surface area contributed by atoms with Crippen molar-refractivity contribution in [3.63, 3.8) is 0 Å². The molecule has 0 amide bonds. The summed E-state index contributed by atoms with van der Waals surface area (Å²) >= 11 is 0. The molecule has 0 heterocycles. The zero-order chi connectivity index (χ0) is 13.0. The van der Waals surface area contributed by atoms with Crippen LogP contribution in [0.3, 0.4) is 0 Å². The zero-order valence-electron chi connectivity index (χ0n) is 12.4. The highest BCUT2D eigenvalue weighted by atomic mass is 16.2. The van der Waals surface area contributed by atoms with E-state index >= 15 is 0 Å². The first-order valence-corrected chi connectivity index (χ1v) is 6.26. The third kappa shape index (κ3) is 91.6. The van der Waals surface area contributed by atoms with E-state index in [1.807, 2.05) is 41.5 Å². The van der Waals surface area contributed by atoms with Crippen molar-refractivity contribution in [3.05, 3.63) is 0 Å². The van der Waals surface area contributed by atoms with Gasteiger partial charge in [0, 0.05) is 7.11 Å². The lowest BCUT2D eigenvalue weighted by molar-refractivity contribution is 0.399. The van der Waals surface area contributed by atoms with Crippen molar-refractivity contribution in [2.75, 3.05) is 7.11 Å². The predicted molar refractivity (Wildman–Crippen MR) is 71.9 cm³/mol. The molecule has 0 saturated carbocycles. The molecule has 0 rings (SSSR count). The molecule has 0 atom stereocenters. The fourth-order valence-electron chi connectivity index (χ4n) is 0.289. The number of hydrogen-bond donors (Lipinski definition) is 1. The molecular weight excluding hydrogens is 172 g/mol. The van der Waals surface area contributed by atoms with Gasteiger partial charge in [0.05, 0.1) is 0 Å². The molecule has 1 heteroatoms. The third-order valence-corrected chi connectivity index (χ3v) is 1.39. The summed E-state index contributed by atoms with van der Waals surface area (Å²) in [6.07, 6.45) is 2.66. The quantitative estimate of drug-likeness (QED) is 0.667. The van der Waals surface area contributed by atoms with Crippen molar-refractivity contribution >= 4 is 0 Å². The van der Waals surface area contributed by atoms with Crippen LogP contribution in [0.25, 0.3) is 0 Å². The van der Waals surface area contributed by atoms with Crippen molar-refractivity contribution < 1.29 is 5.11 Å². The van der Waals surface area contributed by atoms with Gasteiger partial charge in [-0.1, -0.05) is 75.2 Å². The summed E-state index contributed by atoms with van der Waals surface area (Å²) in [4.78, 5) is 0. The molecule has 0 unspecified atom stereocenters. The second-order valence-corrected chi connectivity index (χ2v) is 1.92. The second-order valence-electron chi connectivity index (χ2n) is 1.92. The molecule has 0 bridgehead atoms. The highest BCUT2D eigenvalue weighted by Crippen LogP contribution is 2.02. The van der Waals surface area contributed by atoms with E-state index in [2.05, 4.69) is 20.8 Å². The van der Waals surface area contributed by atoms with E-state index < -0.39 is 0 Å². The van der Waals surface area contributed by atoms with Crippen molar-refractivity contribution in [1.82, 2.24) is 0 Å². The van der Waals surface area contributed by atoms with Gasteiger partial charge in [0.2, 0.25) is 0 Å². The molecule has 0 aromatic rings. The normalized spacial score (nSPS) is 6.00. The Hall–Kier alpha value is -0.0400. The van der Waals surface area contributed by atoms with Gasteiger partial charge in [-0.15, -0.1) is 0 Å². The number of hydrogen-bond acceptors (Lipinski definition) is 1. The van der Waals surface area contributed by atoms with Crippen molar-refractivity contribution in [1.29, 1.82) is 0 Å². The summed E-state index contributed by atoms with van der Waals surface area (Å²) in [6.45, 7) is 18.7. The van der Waals surface area contributed by atoms with Crippen LogP contribution in [0.5, 0.6) is 0 Å². The molecule has 0 aliphatic heterocycles. The molecule has 0 aliphatic carbocycles. The molecule has 0 fully saturated rings. The Morgan fingerprint density at radius 3 is 0.857 bits per heavy atom. The number of aliphatic hydroxyl groups is 1. The first-order chi connectivity index (χ1) is 6.81. The lowest BCUT2D eigenvalue weighted by atomic mass is 10.1. The van der Waals surface area contributed by atoms with Gasteiger partial charge in [-0.25, -0.2) is 0 Å². The maximum absolute atomic E-state index is 7.00. The van der Waals surface area contributed by atoms with Crippen molar-refractivity contribution in [2.45, 2.75) is 75.2 Å². The van der Waals surface area contributed by atoms with Gasteiger partial charge in [-0.2, -0.15) is 0 Å². The van der Waals surface area contributed by atoms with E-state index in [4.69, 9.17) is 5.11 Å². The Balaban J connectivity index is -0.0000000287. The maximum atomic E-state index is 7.00. The molecule has 0 spiro atoms. The monoisotopic (exact) mass is 208 g/mol. The van der Waals surface area contributed by atoms with Crippen LogP contribution in [-0.4, -0.2) is 12.2 Å². The Bertz CT molecular complexity index is 24.4. The van der Waals surface area contributed by atoms with Crippen LogP contribution < -0.4 is 0 Å². The SMILES string of the molecule is CC.CC.CC.CCC(C)CC.CO. The van der Waals surface area contributed by atoms with Gasteiger partial charge in [0.1, 0.15) is 0 Å². The first kappa shape index (κ1) is 29.2. The van der Waals surface area contributed by atoms with E-state index in [9.17, 15) is 0 Å². The molecular formula is C13H36O. The van der Waals surface area contributed by atoms with E-state index in [0.717, 1.165) is 13.0 Å². The Morgan fingerprint density at radius 1 is 0.714 bits per heavy atom. The third-order valence-electron chi connectivity index (χ3n) is 1.39. The minimum atomic E-state index is 0.935. The van der Waals surface area contributed by atoms with Gasteiger partial charge in [0.25, 0.3) is 0 Å². The van der Waals surface area contributed by atoms with E-state index in [-0.39, 0.29) is 0 Å².